The van der Waals surface area contributed by atoms with Gasteiger partial charge in [-0.2, -0.15) is 0 Å². The highest BCUT2D eigenvalue weighted by atomic mass is 32.1. The van der Waals surface area contributed by atoms with Crippen molar-refractivity contribution in [2.75, 3.05) is 0 Å². The smallest absolute Gasteiger partial charge is 0.173 e. The van der Waals surface area contributed by atoms with Gasteiger partial charge in [0.25, 0.3) is 0 Å². The van der Waals surface area contributed by atoms with Crippen LogP contribution in [0.3, 0.4) is 0 Å². The highest BCUT2D eigenvalue weighted by molar-refractivity contribution is 7.23. The number of rotatable bonds is 52. The Hall–Kier alpha value is -2.13. The summed E-state index contributed by atoms with van der Waals surface area (Å²) in [5, 5.41) is 8.67. The largest absolute Gasteiger partial charge is 0.461 e. The Bertz CT molecular complexity index is 2880. The third-order valence-electron chi connectivity index (χ3n) is 17.9. The number of thiophene rings is 8. The summed E-state index contributed by atoms with van der Waals surface area (Å²) in [4.78, 5) is 17.6. The van der Waals surface area contributed by atoms with E-state index in [2.05, 4.69) is 184 Å². The van der Waals surface area contributed by atoms with Crippen LogP contribution in [0.1, 0.15) is 238 Å². The maximum atomic E-state index is 6.97. The van der Waals surface area contributed by atoms with Crippen molar-refractivity contribution in [1.29, 1.82) is 0 Å². The second kappa shape index (κ2) is 54.5. The van der Waals surface area contributed by atoms with Gasteiger partial charge >= 0.3 is 0 Å². The lowest BCUT2D eigenvalue weighted by molar-refractivity contribution is 0.515. The first-order valence-corrected chi connectivity index (χ1v) is 57.4. The minimum absolute atomic E-state index is 0.667. The monoisotopic (exact) mass is 1540 g/mol. The fourth-order valence-corrected chi connectivity index (χ4v) is 33.7. The predicted octanol–water partition coefficient (Wildman–Crippen LogP) is 32.1. The zero-order valence-electron chi connectivity index (χ0n) is 62.6. The van der Waals surface area contributed by atoms with E-state index < -0.39 is 34.7 Å². The molecule has 8 aromatic rings. The second-order valence-corrected chi connectivity index (χ2v) is 51.4. The predicted molar refractivity (Wildman–Crippen MR) is 467 cm³/mol. The molecule has 0 aliphatic heterocycles. The van der Waals surface area contributed by atoms with Crippen molar-refractivity contribution in [1.82, 2.24) is 0 Å². The van der Waals surface area contributed by atoms with E-state index in [1.54, 1.807) is 19.5 Å². The maximum absolute atomic E-state index is 6.97. The van der Waals surface area contributed by atoms with Gasteiger partial charge in [0.1, 0.15) is 0 Å². The molecule has 0 aliphatic carbocycles. The Morgan fingerprint density at radius 1 is 0.296 bits per heavy atom. The van der Waals surface area contributed by atoms with Crippen molar-refractivity contribution in [3.8, 4) is 39.0 Å². The van der Waals surface area contributed by atoms with E-state index in [1.165, 1.54) is 295 Å². The molecule has 2 nitrogen and oxygen atoms in total. The first-order valence-electron chi connectivity index (χ1n) is 38.8. The number of allylic oxidation sites excluding steroid dienone is 2. The van der Waals surface area contributed by atoms with Gasteiger partial charge in [-0.05, 0) is 236 Å². The van der Waals surface area contributed by atoms with E-state index in [0.29, 0.717) is 0 Å². The lowest BCUT2D eigenvalue weighted by atomic mass is 10.1. The number of hydrogen-bond donors (Lipinski definition) is 0. The van der Waals surface area contributed by atoms with Crippen LogP contribution in [0, 0.1) is 0 Å². The normalized spacial score (nSPS) is 11.6. The Kier molecular flexibility index (Phi) is 48.1. The molecule has 8 rings (SSSR count). The molecule has 544 valence electrons. The van der Waals surface area contributed by atoms with E-state index in [0.717, 1.165) is 0 Å². The first kappa shape index (κ1) is 86.5. The first-order chi connectivity index (χ1) is 47.7. The lowest BCUT2D eigenvalue weighted by Gasteiger charge is -2.34. The van der Waals surface area contributed by atoms with Crippen molar-refractivity contribution >= 4 is 125 Å². The molecule has 0 unspecified atom stereocenters. The van der Waals surface area contributed by atoms with Crippen molar-refractivity contribution in [2.45, 2.75) is 308 Å². The van der Waals surface area contributed by atoms with Gasteiger partial charge in [0, 0.05) is 58.5 Å². The molecule has 0 saturated heterocycles. The van der Waals surface area contributed by atoms with Crippen molar-refractivity contribution in [2.24, 2.45) is 0 Å². The van der Waals surface area contributed by atoms with Gasteiger partial charge in [-0.15, -0.1) is 104 Å². The maximum Gasteiger partial charge on any atom is 0.173 e. The van der Waals surface area contributed by atoms with Gasteiger partial charge < -0.3 is 8.23 Å². The molecule has 8 heterocycles. The van der Waals surface area contributed by atoms with Crippen LogP contribution in [-0.2, 0) is 33.9 Å². The minimum atomic E-state index is -1.54. The average molecular weight is 1540 g/mol. The zero-order valence-corrected chi connectivity index (χ0v) is 73.5. The summed E-state index contributed by atoms with van der Waals surface area (Å²) in [5.41, 5.74) is 0. The summed E-state index contributed by atoms with van der Waals surface area (Å²) in [7, 11) is -4.41. The van der Waals surface area contributed by atoms with Gasteiger partial charge in [0.05, 0.1) is 0 Å². The summed E-state index contributed by atoms with van der Waals surface area (Å²) in [5.74, 6) is 0. The molecular formula is C84H132O2S8Si4. The Morgan fingerprint density at radius 2 is 0.520 bits per heavy atom. The standard InChI is InChI=1S/C42H66OS4Si2.2C19H26S2.C4H14OSi2/c1-48(2,35-21-17-13-9-5-7-11-15-19-25-37-29-31-41(46-37)39-27-23-33-44-39)43-49(3,4)36-22-18-14-10-6-8-12-16-20-26-38-30-32-42(47-38)40-28-24-34-45-40;2*1-2-3-4-5-6-7-8-9-10-12-17-14-15-19(21-17)18-13-11-16-20-18;1-6(2)5-7(3)4/h23-24,27-34H,5-22,25-26,35-36H2,1-4H3;2*2,11,13-16H,1,3-10,12H2;6-7H,1-4H3. The highest BCUT2D eigenvalue weighted by Crippen LogP contribution is 2.36. The Balaban J connectivity index is 0.000000289. The third-order valence-corrected chi connectivity index (χ3v) is 38.6. The van der Waals surface area contributed by atoms with Crippen LogP contribution in [0.2, 0.25) is 64.5 Å². The highest BCUT2D eigenvalue weighted by Gasteiger charge is 2.32. The van der Waals surface area contributed by atoms with Crippen molar-refractivity contribution in [3.05, 3.63) is 163 Å². The molecule has 0 radical (unpaired) electrons. The number of aryl methyl sites for hydroxylation is 4. The van der Waals surface area contributed by atoms with Crippen LogP contribution in [0.15, 0.2) is 144 Å². The van der Waals surface area contributed by atoms with Gasteiger partial charge in [-0.1, -0.05) is 203 Å². The van der Waals surface area contributed by atoms with E-state index >= 15 is 0 Å². The fourth-order valence-electron chi connectivity index (χ4n) is 12.8. The topological polar surface area (TPSA) is 18.5 Å². The molecule has 0 spiro atoms. The SMILES string of the molecule is C=CCCCCCCCCCc1ccc(-c2cccs2)s1.C=CCCCCCCCCCc1ccc(-c2cccs2)s1.C[SiH](C)O[SiH](C)C.C[Si](C)(CCCCCCCCCCCc1ccc(-c2cccs2)s1)O[Si](C)(C)CCCCCCCCCCCc1ccc(-c2cccs2)s1. The summed E-state index contributed by atoms with van der Waals surface area (Å²) >= 11 is 15.3. The van der Waals surface area contributed by atoms with Gasteiger partial charge in [-0.3, -0.25) is 0 Å². The van der Waals surface area contributed by atoms with Crippen LogP contribution < -0.4 is 0 Å². The number of unbranched alkanes of at least 4 members (excludes halogenated alkanes) is 30. The van der Waals surface area contributed by atoms with Gasteiger partial charge in [-0.25, -0.2) is 0 Å². The lowest BCUT2D eigenvalue weighted by Crippen LogP contribution is -2.44. The van der Waals surface area contributed by atoms with E-state index in [1.807, 2.05) is 103 Å². The molecule has 0 amide bonds. The Morgan fingerprint density at radius 3 is 0.724 bits per heavy atom. The van der Waals surface area contributed by atoms with Crippen LogP contribution >= 0.6 is 90.7 Å². The summed E-state index contributed by atoms with van der Waals surface area (Å²) in [6.07, 6.45) is 55.9. The van der Waals surface area contributed by atoms with Gasteiger partial charge in [0.15, 0.2) is 34.7 Å². The molecule has 0 N–H and O–H groups in total. The summed E-state index contributed by atoms with van der Waals surface area (Å²) in [6.45, 7) is 26.4. The van der Waals surface area contributed by atoms with Crippen LogP contribution in [-0.4, -0.2) is 34.7 Å². The van der Waals surface area contributed by atoms with Crippen LogP contribution in [0.4, 0.5) is 0 Å². The van der Waals surface area contributed by atoms with Gasteiger partial charge in [0.2, 0.25) is 0 Å². The summed E-state index contributed by atoms with van der Waals surface area (Å²) in [6, 6.07) is 38.7. The summed E-state index contributed by atoms with van der Waals surface area (Å²) < 4.78 is 12.5. The molecule has 0 aromatic carbocycles. The van der Waals surface area contributed by atoms with Crippen LogP contribution in [0.5, 0.6) is 0 Å². The van der Waals surface area contributed by atoms with E-state index in [-0.39, 0.29) is 0 Å². The second-order valence-electron chi connectivity index (χ2n) is 28.8. The molecule has 0 atom stereocenters. The van der Waals surface area contributed by atoms with Crippen molar-refractivity contribution < 1.29 is 8.23 Å². The molecule has 0 saturated carbocycles. The molecule has 14 heteroatoms. The zero-order chi connectivity index (χ0) is 70.0. The van der Waals surface area contributed by atoms with E-state index in [4.69, 9.17) is 8.23 Å². The fraction of sp³-hybridized carbons (Fsp3) is 0.571. The minimum Gasteiger partial charge on any atom is -0.461 e. The molecule has 0 bridgehead atoms. The molecule has 98 heavy (non-hydrogen) atoms. The van der Waals surface area contributed by atoms with Crippen molar-refractivity contribution in [3.63, 3.8) is 0 Å². The van der Waals surface area contributed by atoms with E-state index in [9.17, 15) is 0 Å². The quantitative estimate of drug-likeness (QED) is 0.0215. The Labute approximate surface area is 638 Å². The third kappa shape index (κ3) is 41.4. The molecule has 0 fully saturated rings. The molecule has 8 aromatic heterocycles. The number of hydrogen-bond acceptors (Lipinski definition) is 10. The molecular weight excluding hydrogens is 1410 g/mol. The van der Waals surface area contributed by atoms with Crippen LogP contribution in [0.25, 0.3) is 39.0 Å². The average Bonchev–Trinajstić information content (AvgIpc) is 1.71. The molecule has 0 aliphatic rings.